The molecule has 4 aromatic rings. The molecule has 1 amide bonds. The normalized spacial score (nSPS) is 15.5. The number of ketones is 2. The molecule has 6 rings (SSSR count). The monoisotopic (exact) mass is 946 g/mol. The third-order valence-electron chi connectivity index (χ3n) is 9.01. The van der Waals surface area contributed by atoms with Gasteiger partial charge in [0.1, 0.15) is 21.3 Å². The van der Waals surface area contributed by atoms with Crippen LogP contribution in [0.3, 0.4) is 0 Å². The van der Waals surface area contributed by atoms with Crippen molar-refractivity contribution >= 4 is 104 Å². The van der Waals surface area contributed by atoms with Crippen molar-refractivity contribution in [3.8, 4) is 22.6 Å². The van der Waals surface area contributed by atoms with Gasteiger partial charge in [-0.3, -0.25) is 43.4 Å². The SMILES string of the molecule is COc1cc(-c2ccc(NN=C3C(=O)c4c(cc(S(=O)(=O)O)cc4NC(C)=O)C=C3S(=O)(=O)O)c(OC)c2)ccc1NN=C1C(=O)c2c(N)cc(S(=O)(=O)O)cc2C=C1S(=O)(=O)O. The highest BCUT2D eigenvalue weighted by atomic mass is 32.2. The van der Waals surface area contributed by atoms with Crippen LogP contribution in [0.5, 0.6) is 11.5 Å². The Labute approximate surface area is 357 Å². The van der Waals surface area contributed by atoms with E-state index < -0.39 is 111 Å². The zero-order valence-electron chi connectivity index (χ0n) is 32.1. The number of nitrogens with zero attached hydrogens (tertiary/aromatic N) is 2. The number of methoxy groups -OCH3 is 2. The summed E-state index contributed by atoms with van der Waals surface area (Å²) in [5.74, 6) is -2.93. The second-order valence-corrected chi connectivity index (χ2v) is 18.8. The van der Waals surface area contributed by atoms with Gasteiger partial charge in [0.15, 0.2) is 11.4 Å². The fourth-order valence-electron chi connectivity index (χ4n) is 6.27. The number of amides is 1. The summed E-state index contributed by atoms with van der Waals surface area (Å²) < 4.78 is 147. The number of fused-ring (bicyclic) bond motifs is 2. The van der Waals surface area contributed by atoms with Crippen molar-refractivity contribution in [1.29, 1.82) is 0 Å². The molecule has 0 saturated heterocycles. The van der Waals surface area contributed by atoms with E-state index in [2.05, 4.69) is 26.4 Å². The van der Waals surface area contributed by atoms with Crippen LogP contribution in [-0.2, 0) is 45.3 Å². The maximum atomic E-state index is 13.8. The standard InChI is InChI=1S/C36H30N6O17S4/c1-16(43)38-26-15-22(61(49,50)51)9-20-13-30(63(55,56)57)34(36(45)32(20)26)42-40-25-7-5-18(11-28(25)59-3)17-4-6-24(27(10-17)58-2)39-41-33-29(62(52,53)54)12-19-8-21(60(46,47)48)14-23(37)31(19)35(33)44/h4-15,39-40H,37H2,1-3H3,(H,38,43)(H,46,47,48)(H,49,50,51)(H,52,53,54)(H,55,56,57). The molecule has 0 unspecified atom stereocenters. The van der Waals surface area contributed by atoms with E-state index in [0.29, 0.717) is 11.1 Å². The first-order chi connectivity index (χ1) is 29.2. The van der Waals surface area contributed by atoms with E-state index in [0.717, 1.165) is 43.3 Å². The number of benzene rings is 4. The Morgan fingerprint density at radius 2 is 1.00 bits per heavy atom. The van der Waals surface area contributed by atoms with Crippen LogP contribution in [0.25, 0.3) is 23.3 Å². The summed E-state index contributed by atoms with van der Waals surface area (Å²) in [6.45, 7) is 1.04. The number of nitrogens with one attached hydrogen (secondary N) is 3. The van der Waals surface area contributed by atoms with Gasteiger partial charge in [-0.05, 0) is 82.9 Å². The topological polar surface area (TPSA) is 374 Å². The minimum atomic E-state index is -5.22. The van der Waals surface area contributed by atoms with Gasteiger partial charge in [0.05, 0.1) is 52.2 Å². The highest BCUT2D eigenvalue weighted by Crippen LogP contribution is 2.38. The highest BCUT2D eigenvalue weighted by molar-refractivity contribution is 7.91. The molecule has 0 fully saturated rings. The van der Waals surface area contributed by atoms with Crippen LogP contribution in [0.2, 0.25) is 0 Å². The van der Waals surface area contributed by atoms with E-state index in [4.69, 9.17) is 15.2 Å². The Morgan fingerprint density at radius 1 is 0.587 bits per heavy atom. The molecule has 0 atom stereocenters. The molecule has 330 valence electrons. The molecular weight excluding hydrogens is 917 g/mol. The van der Waals surface area contributed by atoms with Crippen LogP contribution < -0.4 is 31.4 Å². The maximum absolute atomic E-state index is 13.8. The van der Waals surface area contributed by atoms with Gasteiger partial charge in [-0.15, -0.1) is 0 Å². The van der Waals surface area contributed by atoms with Crippen LogP contribution in [0.1, 0.15) is 38.8 Å². The third-order valence-corrected chi connectivity index (χ3v) is 12.4. The summed E-state index contributed by atoms with van der Waals surface area (Å²) in [6, 6.07) is 11.9. The smallest absolute Gasteiger partial charge is 0.296 e. The van der Waals surface area contributed by atoms with Gasteiger partial charge in [0.2, 0.25) is 17.5 Å². The lowest BCUT2D eigenvalue weighted by Gasteiger charge is -2.20. The molecule has 0 aromatic heterocycles. The van der Waals surface area contributed by atoms with Gasteiger partial charge >= 0.3 is 0 Å². The Balaban J connectivity index is 1.32. The Hall–Kier alpha value is -6.85. The lowest BCUT2D eigenvalue weighted by Crippen LogP contribution is -2.28. The minimum Gasteiger partial charge on any atom is -0.494 e. The number of anilines is 4. The number of hydrogen-bond acceptors (Lipinski definition) is 18. The van der Waals surface area contributed by atoms with Crippen LogP contribution in [0.15, 0.2) is 90.5 Å². The fraction of sp³-hybridized carbons (Fsp3) is 0.0833. The summed E-state index contributed by atoms with van der Waals surface area (Å²) in [7, 11) is -17.6. The number of nitrogen functional groups attached to an aromatic ring is 1. The molecule has 63 heavy (non-hydrogen) atoms. The zero-order chi connectivity index (χ0) is 46.6. The maximum Gasteiger partial charge on any atom is 0.296 e. The number of rotatable bonds is 12. The third kappa shape index (κ3) is 9.34. The number of carbonyl (C=O) groups excluding carboxylic acids is 3. The first kappa shape index (κ1) is 45.7. The van der Waals surface area contributed by atoms with Crippen molar-refractivity contribution in [2.45, 2.75) is 16.7 Å². The molecular formula is C36H30N6O17S4. The van der Waals surface area contributed by atoms with Gasteiger partial charge in [-0.2, -0.15) is 43.9 Å². The highest BCUT2D eigenvalue weighted by Gasteiger charge is 2.37. The number of Topliss-reactive ketones (excluding diaryl/α,β-unsaturated/α-hetero) is 2. The molecule has 2 aliphatic rings. The van der Waals surface area contributed by atoms with Gasteiger partial charge in [0.25, 0.3) is 40.5 Å². The number of hydrogen-bond donors (Lipinski definition) is 8. The first-order valence-corrected chi connectivity index (χ1v) is 22.9. The minimum absolute atomic E-state index is 0.0446. The number of carbonyl (C=O) groups is 3. The van der Waals surface area contributed by atoms with E-state index in [1.807, 2.05) is 0 Å². The molecule has 0 aliphatic heterocycles. The second-order valence-electron chi connectivity index (χ2n) is 13.1. The quantitative estimate of drug-likeness (QED) is 0.0574. The van der Waals surface area contributed by atoms with Gasteiger partial charge in [0, 0.05) is 12.6 Å². The number of nitrogens with two attached hydrogens (primary N) is 1. The molecule has 0 bridgehead atoms. The molecule has 27 heteroatoms. The van der Waals surface area contributed by atoms with Gasteiger partial charge in [-0.25, -0.2) is 0 Å². The second kappa shape index (κ2) is 16.4. The molecule has 0 heterocycles. The van der Waals surface area contributed by atoms with Gasteiger partial charge < -0.3 is 20.5 Å². The lowest BCUT2D eigenvalue weighted by atomic mass is 9.93. The van der Waals surface area contributed by atoms with E-state index in [1.165, 1.54) is 50.6 Å². The predicted molar refractivity (Wildman–Crippen MR) is 226 cm³/mol. The van der Waals surface area contributed by atoms with Crippen LogP contribution in [-0.4, -0.2) is 95.0 Å². The number of allylic oxidation sites excluding steroid dienone is 2. The lowest BCUT2D eigenvalue weighted by molar-refractivity contribution is -0.114. The summed E-state index contributed by atoms with van der Waals surface area (Å²) in [4.78, 5) is 35.6. The summed E-state index contributed by atoms with van der Waals surface area (Å²) in [5.41, 5.74) is 7.82. The Morgan fingerprint density at radius 3 is 1.40 bits per heavy atom. The van der Waals surface area contributed by atoms with Crippen molar-refractivity contribution in [2.75, 3.05) is 36.1 Å². The largest absolute Gasteiger partial charge is 0.494 e. The fourth-order valence-corrected chi connectivity index (χ4v) is 8.68. The van der Waals surface area contributed by atoms with Crippen molar-refractivity contribution in [3.63, 3.8) is 0 Å². The first-order valence-electron chi connectivity index (χ1n) is 17.1. The van der Waals surface area contributed by atoms with Gasteiger partial charge in [-0.1, -0.05) is 12.1 Å². The predicted octanol–water partition coefficient (Wildman–Crippen LogP) is 3.19. The van der Waals surface area contributed by atoms with Crippen molar-refractivity contribution in [2.24, 2.45) is 10.2 Å². The molecule has 0 spiro atoms. The summed E-state index contributed by atoms with van der Waals surface area (Å²) >= 11 is 0. The van der Waals surface area contributed by atoms with Crippen LogP contribution in [0, 0.1) is 0 Å². The number of ether oxygens (including phenoxy) is 2. The summed E-state index contributed by atoms with van der Waals surface area (Å²) in [5, 5.41) is 10.1. The van der Waals surface area contributed by atoms with Crippen molar-refractivity contribution < 1.29 is 75.7 Å². The average molecular weight is 947 g/mol. The average Bonchev–Trinajstić information content (AvgIpc) is 3.17. The molecule has 2 aliphatic carbocycles. The van der Waals surface area contributed by atoms with Crippen LogP contribution in [0.4, 0.5) is 22.7 Å². The molecule has 0 radical (unpaired) electrons. The van der Waals surface area contributed by atoms with E-state index in [-0.39, 0.29) is 34.0 Å². The molecule has 4 aromatic carbocycles. The van der Waals surface area contributed by atoms with E-state index in [9.17, 15) is 66.3 Å². The molecule has 0 saturated carbocycles. The van der Waals surface area contributed by atoms with Crippen molar-refractivity contribution in [1.82, 2.24) is 0 Å². The zero-order valence-corrected chi connectivity index (χ0v) is 35.4. The van der Waals surface area contributed by atoms with E-state index in [1.54, 1.807) is 0 Å². The van der Waals surface area contributed by atoms with Crippen LogP contribution >= 0.6 is 0 Å². The molecule has 23 nitrogen and oxygen atoms in total. The van der Waals surface area contributed by atoms with Crippen molar-refractivity contribution in [3.05, 3.63) is 92.7 Å². The molecule has 9 N–H and O–H groups in total. The Bertz CT molecular complexity index is 3310. The van der Waals surface area contributed by atoms with E-state index >= 15 is 0 Å². The number of hydrazone groups is 2. The summed E-state index contributed by atoms with van der Waals surface area (Å²) in [6.07, 6.45) is 1.47. The Kier molecular flexibility index (Phi) is 11.9.